The van der Waals surface area contributed by atoms with E-state index >= 15 is 0 Å². The van der Waals surface area contributed by atoms with E-state index in [0.29, 0.717) is 19.5 Å². The number of aliphatic hydroxyl groups excluding tert-OH is 1. The van der Waals surface area contributed by atoms with Gasteiger partial charge in [0.25, 0.3) is 0 Å². The number of alkyl halides is 1. The number of hydrogen-bond acceptors (Lipinski definition) is 3. The first-order valence-electron chi connectivity index (χ1n) is 7.98. The Kier molecular flexibility index (Phi) is 6.34. The van der Waals surface area contributed by atoms with Crippen molar-refractivity contribution in [2.24, 2.45) is 0 Å². The number of carbonyl (C=O) groups is 1. The number of hydrogen-bond donors (Lipinski definition) is 2. The number of aryl methyl sites for hydroxylation is 1. The van der Waals surface area contributed by atoms with Crippen molar-refractivity contribution in [1.29, 1.82) is 0 Å². The van der Waals surface area contributed by atoms with Gasteiger partial charge in [0.2, 0.25) is 5.91 Å². The van der Waals surface area contributed by atoms with Gasteiger partial charge in [0, 0.05) is 19.5 Å². The van der Waals surface area contributed by atoms with E-state index in [1.807, 2.05) is 23.1 Å². The fourth-order valence-corrected chi connectivity index (χ4v) is 2.85. The molecular formula is C17H25FN2O2. The lowest BCUT2D eigenvalue weighted by Gasteiger charge is -2.38. The number of nitrogens with one attached hydrogen (secondary N) is 1. The second kappa shape index (κ2) is 8.25. The second-order valence-electron chi connectivity index (χ2n) is 5.89. The van der Waals surface area contributed by atoms with E-state index in [0.717, 1.165) is 19.4 Å². The molecule has 2 rings (SSSR count). The number of rotatable bonds is 6. The molecule has 1 heterocycles. The Bertz CT molecular complexity index is 469. The molecule has 0 spiro atoms. The lowest BCUT2D eigenvalue weighted by atomic mass is 10.00. The predicted octanol–water partition coefficient (Wildman–Crippen LogP) is 1.53. The van der Waals surface area contributed by atoms with Crippen LogP contribution in [0.15, 0.2) is 30.3 Å². The summed E-state index contributed by atoms with van der Waals surface area (Å²) in [6.07, 6.45) is -0.193. The van der Waals surface area contributed by atoms with E-state index in [2.05, 4.69) is 17.4 Å². The lowest BCUT2D eigenvalue weighted by Crippen LogP contribution is -2.59. The molecule has 122 valence electrons. The molecule has 1 saturated heterocycles. The summed E-state index contributed by atoms with van der Waals surface area (Å²) in [6.45, 7) is 3.31. The number of nitrogens with zero attached hydrogens (tertiary/aromatic N) is 1. The van der Waals surface area contributed by atoms with Gasteiger partial charge in [-0.15, -0.1) is 0 Å². The van der Waals surface area contributed by atoms with Gasteiger partial charge in [-0.05, 0) is 24.9 Å². The molecule has 4 nitrogen and oxygen atoms in total. The summed E-state index contributed by atoms with van der Waals surface area (Å²) in [6, 6.07) is 9.59. The minimum absolute atomic E-state index is 0.175. The van der Waals surface area contributed by atoms with Crippen molar-refractivity contribution in [2.45, 2.75) is 44.5 Å². The maximum absolute atomic E-state index is 14.0. The van der Waals surface area contributed by atoms with E-state index in [9.17, 15) is 14.3 Å². The van der Waals surface area contributed by atoms with Crippen molar-refractivity contribution in [3.8, 4) is 0 Å². The van der Waals surface area contributed by atoms with Gasteiger partial charge in [0.05, 0.1) is 12.1 Å². The van der Waals surface area contributed by atoms with Crippen LogP contribution in [0.3, 0.4) is 0 Å². The van der Waals surface area contributed by atoms with Crippen LogP contribution in [0.1, 0.15) is 25.3 Å². The fourth-order valence-electron chi connectivity index (χ4n) is 2.85. The molecule has 2 N–H and O–H groups in total. The van der Waals surface area contributed by atoms with E-state index in [4.69, 9.17) is 0 Å². The average Bonchev–Trinajstić information content (AvgIpc) is 2.53. The quantitative estimate of drug-likeness (QED) is 0.838. The third-order valence-electron chi connectivity index (χ3n) is 4.10. The Morgan fingerprint density at radius 1 is 1.36 bits per heavy atom. The van der Waals surface area contributed by atoms with E-state index in [1.165, 1.54) is 5.56 Å². The minimum Gasteiger partial charge on any atom is -0.389 e. The van der Waals surface area contributed by atoms with Crippen molar-refractivity contribution in [2.75, 3.05) is 19.6 Å². The van der Waals surface area contributed by atoms with Gasteiger partial charge in [0.15, 0.2) is 0 Å². The first-order chi connectivity index (χ1) is 10.6. The summed E-state index contributed by atoms with van der Waals surface area (Å²) in [5.41, 5.74) is 1.28. The third kappa shape index (κ3) is 4.78. The minimum atomic E-state index is -1.39. The zero-order chi connectivity index (χ0) is 15.9. The van der Waals surface area contributed by atoms with E-state index < -0.39 is 18.3 Å². The number of halogens is 1. The van der Waals surface area contributed by atoms with Gasteiger partial charge >= 0.3 is 0 Å². The molecule has 1 aromatic carbocycles. The van der Waals surface area contributed by atoms with Gasteiger partial charge in [-0.2, -0.15) is 0 Å². The molecule has 3 atom stereocenters. The normalized spacial score (nSPS) is 25.9. The first kappa shape index (κ1) is 16.9. The molecule has 5 heteroatoms. The Morgan fingerprint density at radius 3 is 2.77 bits per heavy atom. The number of benzene rings is 1. The third-order valence-corrected chi connectivity index (χ3v) is 4.10. The zero-order valence-corrected chi connectivity index (χ0v) is 13.0. The number of amides is 1. The summed E-state index contributed by atoms with van der Waals surface area (Å²) in [5.74, 6) is -0.175. The van der Waals surface area contributed by atoms with Crippen molar-refractivity contribution in [3.63, 3.8) is 0 Å². The van der Waals surface area contributed by atoms with E-state index in [-0.39, 0.29) is 5.91 Å². The van der Waals surface area contributed by atoms with Crippen LogP contribution in [0.4, 0.5) is 4.39 Å². The molecule has 0 radical (unpaired) electrons. The van der Waals surface area contributed by atoms with Crippen LogP contribution in [0, 0.1) is 0 Å². The van der Waals surface area contributed by atoms with Crippen LogP contribution in [0.2, 0.25) is 0 Å². The summed E-state index contributed by atoms with van der Waals surface area (Å²) in [7, 11) is 0. The Balaban J connectivity index is 1.82. The van der Waals surface area contributed by atoms with Crippen LogP contribution in [-0.4, -0.2) is 53.9 Å². The monoisotopic (exact) mass is 308 g/mol. The highest BCUT2D eigenvalue weighted by Gasteiger charge is 2.36. The number of likely N-dealkylation sites (tertiary alicyclic amines) is 1. The smallest absolute Gasteiger partial charge is 0.220 e. The number of carbonyl (C=O) groups excluding carboxylic acids is 1. The molecule has 1 amide bonds. The highest BCUT2D eigenvalue weighted by Crippen LogP contribution is 2.16. The Labute approximate surface area is 131 Å². The molecule has 0 bridgehead atoms. The van der Waals surface area contributed by atoms with Gasteiger partial charge in [0.1, 0.15) is 6.17 Å². The first-order valence-corrected chi connectivity index (χ1v) is 7.98. The van der Waals surface area contributed by atoms with Gasteiger partial charge < -0.3 is 10.4 Å². The van der Waals surface area contributed by atoms with Crippen LogP contribution in [0.25, 0.3) is 0 Å². The SMILES string of the molecule is CCC(=O)N[C@H]1CN(CCCc2ccccc2)C[C@@H](O)[C@@H]1F. The number of aliphatic hydroxyl groups is 1. The highest BCUT2D eigenvalue weighted by molar-refractivity contribution is 5.75. The second-order valence-corrected chi connectivity index (χ2v) is 5.89. The van der Waals surface area contributed by atoms with E-state index in [1.54, 1.807) is 6.92 Å². The van der Waals surface area contributed by atoms with Gasteiger partial charge in [-0.3, -0.25) is 9.69 Å². The Hall–Kier alpha value is -1.46. The topological polar surface area (TPSA) is 52.6 Å². The number of β-amino-alcohol motifs (C(OH)–C–C–N with tert-alkyl or cyclic N) is 1. The maximum atomic E-state index is 14.0. The molecule has 1 aromatic rings. The molecule has 1 aliphatic rings. The van der Waals surface area contributed by atoms with Crippen molar-refractivity contribution < 1.29 is 14.3 Å². The molecule has 0 aliphatic carbocycles. The predicted molar refractivity (Wildman–Crippen MR) is 84.3 cm³/mol. The van der Waals surface area contributed by atoms with Gasteiger partial charge in [-0.25, -0.2) is 4.39 Å². The van der Waals surface area contributed by atoms with Crippen LogP contribution in [0.5, 0.6) is 0 Å². The molecule has 0 aromatic heterocycles. The number of piperidine rings is 1. The maximum Gasteiger partial charge on any atom is 0.220 e. The molecule has 1 aliphatic heterocycles. The largest absolute Gasteiger partial charge is 0.389 e. The average molecular weight is 308 g/mol. The van der Waals surface area contributed by atoms with Crippen molar-refractivity contribution in [1.82, 2.24) is 10.2 Å². The molecule has 0 saturated carbocycles. The van der Waals surface area contributed by atoms with Crippen molar-refractivity contribution >= 4 is 5.91 Å². The molecular weight excluding hydrogens is 283 g/mol. The van der Waals surface area contributed by atoms with Gasteiger partial charge in [-0.1, -0.05) is 37.3 Å². The molecule has 0 unspecified atom stereocenters. The molecule has 1 fully saturated rings. The summed E-state index contributed by atoms with van der Waals surface area (Å²) in [5, 5.41) is 12.5. The Morgan fingerprint density at radius 2 is 2.09 bits per heavy atom. The van der Waals surface area contributed by atoms with Crippen LogP contribution >= 0.6 is 0 Å². The summed E-state index contributed by atoms with van der Waals surface area (Å²) >= 11 is 0. The van der Waals surface area contributed by atoms with Crippen LogP contribution < -0.4 is 5.32 Å². The summed E-state index contributed by atoms with van der Waals surface area (Å²) in [4.78, 5) is 13.5. The zero-order valence-electron chi connectivity index (χ0n) is 13.0. The highest BCUT2D eigenvalue weighted by atomic mass is 19.1. The standard InChI is InChI=1S/C17H25FN2O2/c1-2-16(22)19-14-11-20(12-15(21)17(14)18)10-6-9-13-7-4-3-5-8-13/h3-5,7-8,14-15,17,21H,2,6,9-12H2,1H3,(H,19,22)/t14-,15+,17+/m0/s1. The lowest BCUT2D eigenvalue weighted by molar-refractivity contribution is -0.123. The van der Waals surface area contributed by atoms with Crippen LogP contribution in [-0.2, 0) is 11.2 Å². The molecule has 22 heavy (non-hydrogen) atoms. The fraction of sp³-hybridized carbons (Fsp3) is 0.588. The van der Waals surface area contributed by atoms with Crippen molar-refractivity contribution in [3.05, 3.63) is 35.9 Å². The summed E-state index contributed by atoms with van der Waals surface area (Å²) < 4.78 is 14.0.